The molecule has 0 bridgehead atoms. The summed E-state index contributed by atoms with van der Waals surface area (Å²) < 4.78 is 8.39. The van der Waals surface area contributed by atoms with Gasteiger partial charge in [-0.1, -0.05) is 53.1 Å². The monoisotopic (exact) mass is 808 g/mol. The third-order valence-corrected chi connectivity index (χ3v) is 14.5. The fourth-order valence-corrected chi connectivity index (χ4v) is 11.3. The number of allylic oxidation sites excluding steroid dienone is 2. The van der Waals surface area contributed by atoms with Crippen molar-refractivity contribution in [2.24, 2.45) is 36.1 Å². The standard InChI is InChI=1S/C43H38Cl2N4O6S/c1-6-55-32-9-7-8-26(37(32)50)36-24-13-14-25-35(41(53)48(39(25)51)23-12-10-20(2)30(45)17-23)28(24)18-29-40(52)49(42(54)43(29,36)4)34-19-31(46-47(34)5)38-21(3)27-16-22(44)11-15-33(27)56-38/h7-13,15-17,19,25,28-29,35-36,50H,6,14,18H2,1-5H3. The lowest BCUT2D eigenvalue weighted by atomic mass is 9.51. The molecule has 0 spiro atoms. The zero-order valence-corrected chi connectivity index (χ0v) is 33.6. The number of aromatic nitrogens is 2. The second kappa shape index (κ2) is 13.0. The van der Waals surface area contributed by atoms with E-state index in [0.717, 1.165) is 31.7 Å². The van der Waals surface area contributed by atoms with Crippen molar-refractivity contribution in [3.05, 3.63) is 99.0 Å². The fraction of sp³-hybridized carbons (Fsp3) is 0.326. The van der Waals surface area contributed by atoms with Gasteiger partial charge in [0.05, 0.1) is 40.3 Å². The van der Waals surface area contributed by atoms with Crippen LogP contribution >= 0.6 is 34.5 Å². The Morgan fingerprint density at radius 3 is 2.50 bits per heavy atom. The van der Waals surface area contributed by atoms with Gasteiger partial charge < -0.3 is 9.84 Å². The van der Waals surface area contributed by atoms with Gasteiger partial charge in [-0.15, -0.1) is 11.3 Å². The van der Waals surface area contributed by atoms with Gasteiger partial charge in [0, 0.05) is 39.3 Å². The summed E-state index contributed by atoms with van der Waals surface area (Å²) in [6.07, 6.45) is 2.38. The van der Waals surface area contributed by atoms with Crippen molar-refractivity contribution in [2.45, 2.75) is 46.5 Å². The number of amides is 4. The van der Waals surface area contributed by atoms with Gasteiger partial charge in [0.2, 0.25) is 23.6 Å². The Labute approximate surface area is 337 Å². The van der Waals surface area contributed by atoms with Gasteiger partial charge in [-0.2, -0.15) is 5.10 Å². The van der Waals surface area contributed by atoms with Crippen molar-refractivity contribution in [1.29, 1.82) is 0 Å². The molecular weight excluding hydrogens is 771 g/mol. The number of benzene rings is 3. The number of rotatable bonds is 6. The van der Waals surface area contributed by atoms with Crippen LogP contribution in [0.3, 0.4) is 0 Å². The average molecular weight is 810 g/mol. The number of halogens is 2. The minimum Gasteiger partial charge on any atom is -0.504 e. The van der Waals surface area contributed by atoms with Gasteiger partial charge in [0.25, 0.3) is 0 Å². The number of imide groups is 2. The summed E-state index contributed by atoms with van der Waals surface area (Å²) in [4.78, 5) is 62.1. The summed E-state index contributed by atoms with van der Waals surface area (Å²) in [6.45, 7) is 7.75. The number of aryl methyl sites for hydroxylation is 3. The van der Waals surface area contributed by atoms with E-state index in [1.165, 1.54) is 9.80 Å². The van der Waals surface area contributed by atoms with Crippen molar-refractivity contribution in [2.75, 3.05) is 16.4 Å². The smallest absolute Gasteiger partial charge is 0.242 e. The van der Waals surface area contributed by atoms with E-state index in [1.807, 2.05) is 45.0 Å². The third kappa shape index (κ3) is 5.09. The van der Waals surface area contributed by atoms with E-state index in [1.54, 1.807) is 72.5 Å². The Morgan fingerprint density at radius 1 is 0.964 bits per heavy atom. The van der Waals surface area contributed by atoms with Gasteiger partial charge in [-0.25, -0.2) is 9.80 Å². The first kappa shape index (κ1) is 36.7. The van der Waals surface area contributed by atoms with Gasteiger partial charge in [0.15, 0.2) is 11.5 Å². The van der Waals surface area contributed by atoms with Crippen LogP contribution in [0.2, 0.25) is 10.0 Å². The topological polar surface area (TPSA) is 122 Å². The molecule has 0 radical (unpaired) electrons. The molecule has 6 atom stereocenters. The lowest BCUT2D eigenvalue weighted by Crippen LogP contribution is -2.49. The summed E-state index contributed by atoms with van der Waals surface area (Å²) in [5, 5.41) is 18.7. The molecule has 4 heterocycles. The highest BCUT2D eigenvalue weighted by atomic mass is 35.5. The van der Waals surface area contributed by atoms with Gasteiger partial charge in [-0.3, -0.25) is 23.9 Å². The molecule has 3 fully saturated rings. The fourth-order valence-electron chi connectivity index (χ4n) is 9.81. The summed E-state index contributed by atoms with van der Waals surface area (Å²) in [6, 6.07) is 17.8. The molecule has 9 rings (SSSR count). The quantitative estimate of drug-likeness (QED) is 0.135. The largest absolute Gasteiger partial charge is 0.504 e. The van der Waals surface area contributed by atoms with E-state index in [-0.39, 0.29) is 36.2 Å². The highest BCUT2D eigenvalue weighted by molar-refractivity contribution is 7.22. The van der Waals surface area contributed by atoms with Crippen LogP contribution in [0.5, 0.6) is 11.5 Å². The number of phenols is 1. The Bertz CT molecular complexity index is 2600. The van der Waals surface area contributed by atoms with Crippen LogP contribution in [0.1, 0.15) is 49.3 Å². The molecule has 10 nitrogen and oxygen atoms in total. The number of aromatic hydroxyl groups is 1. The lowest BCUT2D eigenvalue weighted by molar-refractivity contribution is -0.131. The summed E-state index contributed by atoms with van der Waals surface area (Å²) in [5.74, 6) is -4.82. The molecule has 2 aliphatic heterocycles. The van der Waals surface area contributed by atoms with E-state index in [0.29, 0.717) is 39.4 Å². The highest BCUT2D eigenvalue weighted by Crippen LogP contribution is 2.65. The first-order valence-electron chi connectivity index (χ1n) is 18.7. The van der Waals surface area contributed by atoms with E-state index in [9.17, 15) is 19.5 Å². The number of carbonyl (C=O) groups excluding carboxylic acids is 4. The number of para-hydroxylation sites is 1. The molecule has 286 valence electrons. The number of anilines is 2. The minimum atomic E-state index is -1.38. The van der Waals surface area contributed by atoms with Crippen LogP contribution in [-0.2, 0) is 26.2 Å². The maximum absolute atomic E-state index is 15.2. The predicted molar refractivity (Wildman–Crippen MR) is 216 cm³/mol. The maximum atomic E-state index is 15.2. The number of hydrogen-bond donors (Lipinski definition) is 1. The van der Waals surface area contributed by atoms with Crippen molar-refractivity contribution in [1.82, 2.24) is 9.78 Å². The number of carbonyl (C=O) groups is 4. The third-order valence-electron chi connectivity index (χ3n) is 12.5. The molecule has 3 aromatic carbocycles. The number of thiophene rings is 1. The van der Waals surface area contributed by atoms with Crippen molar-refractivity contribution >= 4 is 79.8 Å². The number of phenolic OH excluding ortho intramolecular Hbond substituents is 1. The average Bonchev–Trinajstić information content (AvgIpc) is 3.84. The van der Waals surface area contributed by atoms with Crippen LogP contribution in [0.4, 0.5) is 11.5 Å². The van der Waals surface area contributed by atoms with Gasteiger partial charge in [0.1, 0.15) is 11.5 Å². The molecule has 2 aliphatic carbocycles. The number of fused-ring (bicyclic) bond motifs is 5. The number of ether oxygens (including phenoxy) is 1. The molecule has 5 aromatic rings. The molecule has 13 heteroatoms. The maximum Gasteiger partial charge on any atom is 0.242 e. The van der Waals surface area contributed by atoms with Crippen molar-refractivity contribution in [3.63, 3.8) is 0 Å². The molecule has 1 saturated carbocycles. The molecular formula is C43H38Cl2N4O6S. The Hall–Kier alpha value is -4.97. The molecule has 6 unspecified atom stereocenters. The Balaban J connectivity index is 1.17. The first-order valence-corrected chi connectivity index (χ1v) is 20.2. The number of hydrogen-bond acceptors (Lipinski definition) is 8. The molecule has 2 saturated heterocycles. The zero-order chi connectivity index (χ0) is 39.5. The van der Waals surface area contributed by atoms with E-state index in [2.05, 4.69) is 0 Å². The van der Waals surface area contributed by atoms with Gasteiger partial charge in [-0.05, 0) is 99.4 Å². The molecule has 4 amide bonds. The van der Waals surface area contributed by atoms with Crippen LogP contribution in [0, 0.1) is 42.9 Å². The van der Waals surface area contributed by atoms with E-state index < -0.39 is 46.8 Å². The molecule has 4 aliphatic rings. The second-order valence-corrected chi connectivity index (χ2v) is 17.3. The van der Waals surface area contributed by atoms with Crippen LogP contribution in [0.15, 0.2) is 72.3 Å². The predicted octanol–water partition coefficient (Wildman–Crippen LogP) is 8.77. The second-order valence-electron chi connectivity index (χ2n) is 15.4. The lowest BCUT2D eigenvalue weighted by Gasteiger charge is -2.49. The highest BCUT2D eigenvalue weighted by Gasteiger charge is 2.68. The van der Waals surface area contributed by atoms with E-state index in [4.69, 9.17) is 33.0 Å². The minimum absolute atomic E-state index is 0.130. The summed E-state index contributed by atoms with van der Waals surface area (Å²) in [7, 11) is 1.71. The zero-order valence-electron chi connectivity index (χ0n) is 31.3. The molecule has 56 heavy (non-hydrogen) atoms. The molecule has 2 aromatic heterocycles. The SMILES string of the molecule is CCOc1cccc(C2C3=CCC4C(=O)N(c5ccc(C)c(Cl)c5)C(=O)C4C3CC3C(=O)N(c4cc(-c5sc6ccc(Cl)cc6c5C)nn4C)C(=O)C32C)c1O. The first-order chi connectivity index (χ1) is 26.8. The van der Waals surface area contributed by atoms with Crippen LogP contribution in [0.25, 0.3) is 20.7 Å². The van der Waals surface area contributed by atoms with Crippen molar-refractivity contribution < 1.29 is 29.0 Å². The Morgan fingerprint density at radius 2 is 1.75 bits per heavy atom. The van der Waals surface area contributed by atoms with Gasteiger partial charge >= 0.3 is 0 Å². The molecule has 1 N–H and O–H groups in total. The number of nitrogens with zero attached hydrogens (tertiary/aromatic N) is 4. The Kier molecular flexibility index (Phi) is 8.54. The van der Waals surface area contributed by atoms with Crippen LogP contribution < -0.4 is 14.5 Å². The normalized spacial score (nSPS) is 25.8. The van der Waals surface area contributed by atoms with Crippen molar-refractivity contribution in [3.8, 4) is 22.1 Å². The van der Waals surface area contributed by atoms with Crippen LogP contribution in [-0.4, -0.2) is 45.1 Å². The summed E-state index contributed by atoms with van der Waals surface area (Å²) in [5.41, 5.74) is 2.62. The van der Waals surface area contributed by atoms with E-state index >= 15 is 4.79 Å². The summed E-state index contributed by atoms with van der Waals surface area (Å²) >= 11 is 14.3.